The Morgan fingerprint density at radius 3 is 2.68 bits per heavy atom. The second-order valence-electron chi connectivity index (χ2n) is 4.53. The zero-order valence-corrected chi connectivity index (χ0v) is 11.8. The van der Waals surface area contributed by atoms with E-state index >= 15 is 0 Å². The molecule has 0 atom stereocenters. The Balaban J connectivity index is 2.45. The van der Waals surface area contributed by atoms with E-state index < -0.39 is 0 Å². The molecule has 19 heavy (non-hydrogen) atoms. The van der Waals surface area contributed by atoms with Crippen LogP contribution in [-0.2, 0) is 16.1 Å². The number of hydrogen-bond donors (Lipinski definition) is 3. The first kappa shape index (κ1) is 15.6. The van der Waals surface area contributed by atoms with Crippen LogP contribution in [0.25, 0.3) is 0 Å². The first-order valence-corrected chi connectivity index (χ1v) is 6.30. The largest absolute Gasteiger partial charge is 0.379 e. The van der Waals surface area contributed by atoms with Gasteiger partial charge in [0.25, 0.3) is 0 Å². The van der Waals surface area contributed by atoms with Gasteiger partial charge in [-0.3, -0.25) is 0 Å². The van der Waals surface area contributed by atoms with Crippen molar-refractivity contribution in [2.45, 2.75) is 20.5 Å². The molecule has 0 spiro atoms. The van der Waals surface area contributed by atoms with Gasteiger partial charge in [-0.2, -0.15) is 0 Å². The predicted octanol–water partition coefficient (Wildman–Crippen LogP) is 0.993. The second-order valence-corrected chi connectivity index (χ2v) is 4.53. The molecule has 108 valence electrons. The van der Waals surface area contributed by atoms with Gasteiger partial charge in [0.2, 0.25) is 0 Å². The van der Waals surface area contributed by atoms with Crippen molar-refractivity contribution in [3.63, 3.8) is 0 Å². The maximum Gasteiger partial charge on any atom is 0.158 e. The molecule has 1 rings (SSSR count). The number of nitrogen functional groups attached to an aromatic ring is 1. The van der Waals surface area contributed by atoms with Crippen molar-refractivity contribution in [1.82, 2.24) is 9.97 Å². The number of hydrazine groups is 1. The smallest absolute Gasteiger partial charge is 0.158 e. The van der Waals surface area contributed by atoms with E-state index in [4.69, 9.17) is 15.3 Å². The minimum Gasteiger partial charge on any atom is -0.379 e. The molecule has 1 aromatic heterocycles. The summed E-state index contributed by atoms with van der Waals surface area (Å²) in [6.07, 6.45) is 0. The summed E-state index contributed by atoms with van der Waals surface area (Å²) in [5, 5.41) is 3.16. The molecule has 0 amide bonds. The molecule has 0 aliphatic carbocycles. The fraction of sp³-hybridized carbons (Fsp3) is 0.667. The van der Waals surface area contributed by atoms with Crippen LogP contribution in [0, 0.1) is 5.92 Å². The van der Waals surface area contributed by atoms with Gasteiger partial charge in [-0.15, -0.1) is 0 Å². The molecule has 7 heteroatoms. The summed E-state index contributed by atoms with van der Waals surface area (Å²) < 4.78 is 10.5. The average molecular weight is 269 g/mol. The van der Waals surface area contributed by atoms with Crippen LogP contribution in [0.3, 0.4) is 0 Å². The first-order chi connectivity index (χ1) is 9.15. The molecule has 4 N–H and O–H groups in total. The normalized spacial score (nSPS) is 10.8. The lowest BCUT2D eigenvalue weighted by molar-refractivity contribution is 0.118. The van der Waals surface area contributed by atoms with Gasteiger partial charge in [-0.05, 0) is 5.92 Å². The standard InChI is InChI=1S/C12H23N5O2/c1-9(2)7-19-5-4-14-10-6-11(17-13)16-12(15-10)8-18-3/h6,9H,4-5,7-8,13H2,1-3H3,(H2,14,15,16,17). The molecule has 0 aliphatic heterocycles. The van der Waals surface area contributed by atoms with Crippen molar-refractivity contribution in [2.24, 2.45) is 11.8 Å². The van der Waals surface area contributed by atoms with E-state index in [0.29, 0.717) is 43.1 Å². The zero-order chi connectivity index (χ0) is 14.1. The number of ether oxygens (including phenoxy) is 2. The summed E-state index contributed by atoms with van der Waals surface area (Å²) in [7, 11) is 1.60. The van der Waals surface area contributed by atoms with Crippen LogP contribution < -0.4 is 16.6 Å². The zero-order valence-electron chi connectivity index (χ0n) is 11.8. The molecule has 0 bridgehead atoms. The third kappa shape index (κ3) is 6.32. The van der Waals surface area contributed by atoms with Crippen molar-refractivity contribution in [3.05, 3.63) is 11.9 Å². The van der Waals surface area contributed by atoms with Crippen molar-refractivity contribution in [3.8, 4) is 0 Å². The molecule has 0 aromatic carbocycles. The lowest BCUT2D eigenvalue weighted by atomic mass is 10.2. The van der Waals surface area contributed by atoms with Crippen LogP contribution in [0.15, 0.2) is 6.07 Å². The topological polar surface area (TPSA) is 94.3 Å². The van der Waals surface area contributed by atoms with Gasteiger partial charge in [0.15, 0.2) is 5.82 Å². The fourth-order valence-corrected chi connectivity index (χ4v) is 1.43. The van der Waals surface area contributed by atoms with Crippen molar-refractivity contribution in [1.29, 1.82) is 0 Å². The lowest BCUT2D eigenvalue weighted by Gasteiger charge is -2.10. The van der Waals surface area contributed by atoms with Crippen LogP contribution in [0.2, 0.25) is 0 Å². The molecular weight excluding hydrogens is 246 g/mol. The van der Waals surface area contributed by atoms with Crippen molar-refractivity contribution >= 4 is 11.6 Å². The summed E-state index contributed by atoms with van der Waals surface area (Å²) in [4.78, 5) is 8.47. The monoisotopic (exact) mass is 269 g/mol. The summed E-state index contributed by atoms with van der Waals surface area (Å²) >= 11 is 0. The van der Waals surface area contributed by atoms with E-state index in [-0.39, 0.29) is 0 Å². The Bertz CT molecular complexity index is 373. The fourth-order valence-electron chi connectivity index (χ4n) is 1.43. The molecule has 7 nitrogen and oxygen atoms in total. The van der Waals surface area contributed by atoms with E-state index in [1.165, 1.54) is 0 Å². The van der Waals surface area contributed by atoms with Gasteiger partial charge in [-0.25, -0.2) is 15.8 Å². The molecule has 0 aliphatic rings. The highest BCUT2D eigenvalue weighted by atomic mass is 16.5. The van der Waals surface area contributed by atoms with Gasteiger partial charge in [0.1, 0.15) is 18.2 Å². The second kappa shape index (κ2) is 8.63. The summed E-state index contributed by atoms with van der Waals surface area (Å²) in [6.45, 7) is 6.65. The van der Waals surface area contributed by atoms with Crippen LogP contribution in [-0.4, -0.2) is 36.8 Å². The van der Waals surface area contributed by atoms with Crippen LogP contribution in [0.4, 0.5) is 11.6 Å². The Morgan fingerprint density at radius 2 is 2.05 bits per heavy atom. The van der Waals surface area contributed by atoms with E-state index in [0.717, 1.165) is 6.61 Å². The third-order valence-electron chi connectivity index (χ3n) is 2.20. The third-order valence-corrected chi connectivity index (χ3v) is 2.20. The lowest BCUT2D eigenvalue weighted by Crippen LogP contribution is -2.15. The van der Waals surface area contributed by atoms with Gasteiger partial charge < -0.3 is 20.2 Å². The summed E-state index contributed by atoms with van der Waals surface area (Å²) in [5.41, 5.74) is 2.50. The number of hydrogen-bond acceptors (Lipinski definition) is 7. The molecular formula is C12H23N5O2. The summed E-state index contributed by atoms with van der Waals surface area (Å²) in [5.74, 6) is 7.72. The quantitative estimate of drug-likeness (QED) is 0.349. The number of nitrogens with zero attached hydrogens (tertiary/aromatic N) is 2. The van der Waals surface area contributed by atoms with Gasteiger partial charge in [-0.1, -0.05) is 13.8 Å². The molecule has 0 saturated heterocycles. The van der Waals surface area contributed by atoms with Crippen LogP contribution >= 0.6 is 0 Å². The molecule has 0 fully saturated rings. The predicted molar refractivity (Wildman–Crippen MR) is 74.7 cm³/mol. The molecule has 0 saturated carbocycles. The van der Waals surface area contributed by atoms with Gasteiger partial charge in [0.05, 0.1) is 6.61 Å². The highest BCUT2D eigenvalue weighted by molar-refractivity contribution is 5.46. The maximum absolute atomic E-state index is 5.48. The van der Waals surface area contributed by atoms with Crippen LogP contribution in [0.1, 0.15) is 19.7 Å². The minimum atomic E-state index is 0.341. The number of rotatable bonds is 9. The van der Waals surface area contributed by atoms with Crippen molar-refractivity contribution < 1.29 is 9.47 Å². The molecule has 1 aromatic rings. The highest BCUT2D eigenvalue weighted by Gasteiger charge is 2.03. The Labute approximate surface area is 113 Å². The van der Waals surface area contributed by atoms with E-state index in [2.05, 4.69) is 34.6 Å². The Kier molecular flexibility index (Phi) is 7.09. The number of anilines is 2. The van der Waals surface area contributed by atoms with Crippen LogP contribution in [0.5, 0.6) is 0 Å². The average Bonchev–Trinajstić information content (AvgIpc) is 2.38. The Hall–Kier alpha value is -1.44. The van der Waals surface area contributed by atoms with E-state index in [9.17, 15) is 0 Å². The van der Waals surface area contributed by atoms with E-state index in [1.54, 1.807) is 13.2 Å². The SMILES string of the molecule is COCc1nc(NN)cc(NCCOCC(C)C)n1. The molecule has 0 unspecified atom stereocenters. The minimum absolute atomic E-state index is 0.341. The van der Waals surface area contributed by atoms with Gasteiger partial charge in [0, 0.05) is 26.3 Å². The highest BCUT2D eigenvalue weighted by Crippen LogP contribution is 2.10. The van der Waals surface area contributed by atoms with Gasteiger partial charge >= 0.3 is 0 Å². The Morgan fingerprint density at radius 1 is 1.32 bits per heavy atom. The van der Waals surface area contributed by atoms with E-state index in [1.807, 2.05) is 0 Å². The molecule has 0 radical (unpaired) electrons. The van der Waals surface area contributed by atoms with Crippen molar-refractivity contribution in [2.75, 3.05) is 37.6 Å². The summed E-state index contributed by atoms with van der Waals surface area (Å²) in [6, 6.07) is 1.74. The molecule has 1 heterocycles. The maximum atomic E-state index is 5.48. The number of aromatic nitrogens is 2. The number of nitrogens with two attached hydrogens (primary N) is 1. The number of nitrogens with one attached hydrogen (secondary N) is 2. The first-order valence-electron chi connectivity index (χ1n) is 6.30. The number of methoxy groups -OCH3 is 1.